The summed E-state index contributed by atoms with van der Waals surface area (Å²) in [6.07, 6.45) is 2.24. The normalized spacial score (nSPS) is 31.6. The van der Waals surface area contributed by atoms with E-state index in [9.17, 15) is 4.79 Å². The number of hydrogen-bond donors (Lipinski definition) is 0. The SMILES string of the molecule is COC(=O)CC1COC(C2CCN(C)CC2)O1. The van der Waals surface area contributed by atoms with Gasteiger partial charge in [0.25, 0.3) is 0 Å². The Morgan fingerprint density at radius 2 is 2.12 bits per heavy atom. The second-order valence-corrected chi connectivity index (χ2v) is 4.88. The monoisotopic (exact) mass is 243 g/mol. The first-order valence-corrected chi connectivity index (χ1v) is 6.21. The predicted molar refractivity (Wildman–Crippen MR) is 61.5 cm³/mol. The average molecular weight is 243 g/mol. The number of hydrogen-bond acceptors (Lipinski definition) is 5. The van der Waals surface area contributed by atoms with Crippen LogP contribution in [0.25, 0.3) is 0 Å². The fourth-order valence-electron chi connectivity index (χ4n) is 2.39. The summed E-state index contributed by atoms with van der Waals surface area (Å²) >= 11 is 0. The molecule has 2 heterocycles. The van der Waals surface area contributed by atoms with Gasteiger partial charge in [0.2, 0.25) is 0 Å². The lowest BCUT2D eigenvalue weighted by molar-refractivity contribution is -0.145. The molecule has 0 radical (unpaired) electrons. The van der Waals surface area contributed by atoms with Crippen LogP contribution in [0.15, 0.2) is 0 Å². The van der Waals surface area contributed by atoms with Crippen LogP contribution in [0.5, 0.6) is 0 Å². The summed E-state index contributed by atoms with van der Waals surface area (Å²) in [6, 6.07) is 0. The molecule has 17 heavy (non-hydrogen) atoms. The quantitative estimate of drug-likeness (QED) is 0.681. The van der Waals surface area contributed by atoms with Crippen molar-refractivity contribution in [2.24, 2.45) is 5.92 Å². The van der Waals surface area contributed by atoms with E-state index in [-0.39, 0.29) is 18.4 Å². The molecule has 2 fully saturated rings. The molecule has 0 aliphatic carbocycles. The molecule has 0 N–H and O–H groups in total. The maximum absolute atomic E-state index is 11.1. The Labute approximate surface area is 102 Å². The van der Waals surface area contributed by atoms with Gasteiger partial charge in [-0.2, -0.15) is 0 Å². The van der Waals surface area contributed by atoms with Crippen LogP contribution in [0.4, 0.5) is 0 Å². The minimum Gasteiger partial charge on any atom is -0.469 e. The Bertz CT molecular complexity index is 263. The van der Waals surface area contributed by atoms with Crippen molar-refractivity contribution >= 4 is 5.97 Å². The highest BCUT2D eigenvalue weighted by Crippen LogP contribution is 2.28. The highest BCUT2D eigenvalue weighted by molar-refractivity contribution is 5.69. The van der Waals surface area contributed by atoms with E-state index in [0.717, 1.165) is 25.9 Å². The lowest BCUT2D eigenvalue weighted by Crippen LogP contribution is -2.36. The molecule has 0 saturated carbocycles. The molecule has 0 amide bonds. The minimum atomic E-state index is -0.234. The van der Waals surface area contributed by atoms with Crippen LogP contribution in [0.2, 0.25) is 0 Å². The Morgan fingerprint density at radius 3 is 2.76 bits per heavy atom. The summed E-state index contributed by atoms with van der Waals surface area (Å²) in [6.45, 7) is 2.69. The van der Waals surface area contributed by atoms with Gasteiger partial charge >= 0.3 is 5.97 Å². The summed E-state index contributed by atoms with van der Waals surface area (Å²) in [5.74, 6) is 0.233. The minimum absolute atomic E-state index is 0.127. The molecule has 2 rings (SSSR count). The highest BCUT2D eigenvalue weighted by atomic mass is 16.7. The number of likely N-dealkylation sites (tertiary alicyclic amines) is 1. The third-order valence-electron chi connectivity index (χ3n) is 3.54. The fraction of sp³-hybridized carbons (Fsp3) is 0.917. The van der Waals surface area contributed by atoms with Crippen LogP contribution in [0.1, 0.15) is 19.3 Å². The number of rotatable bonds is 3. The maximum Gasteiger partial charge on any atom is 0.308 e. The molecule has 0 spiro atoms. The molecule has 2 unspecified atom stereocenters. The molecular formula is C12H21NO4. The molecule has 2 saturated heterocycles. The van der Waals surface area contributed by atoms with Gasteiger partial charge in [0.1, 0.15) is 0 Å². The van der Waals surface area contributed by atoms with Crippen molar-refractivity contribution in [3.8, 4) is 0 Å². The number of esters is 1. The fourth-order valence-corrected chi connectivity index (χ4v) is 2.39. The van der Waals surface area contributed by atoms with Crippen LogP contribution in [0, 0.1) is 5.92 Å². The molecule has 0 aromatic heterocycles. The highest BCUT2D eigenvalue weighted by Gasteiger charge is 2.35. The first kappa shape index (κ1) is 12.8. The van der Waals surface area contributed by atoms with Crippen LogP contribution in [-0.4, -0.2) is 57.1 Å². The van der Waals surface area contributed by atoms with E-state index in [2.05, 4.69) is 16.7 Å². The Balaban J connectivity index is 1.75. The maximum atomic E-state index is 11.1. The Hall–Kier alpha value is -0.650. The summed E-state index contributed by atoms with van der Waals surface area (Å²) in [5.41, 5.74) is 0. The number of carbonyl (C=O) groups is 1. The molecule has 0 aromatic rings. The zero-order chi connectivity index (χ0) is 12.3. The van der Waals surface area contributed by atoms with Crippen molar-refractivity contribution in [1.29, 1.82) is 0 Å². The van der Waals surface area contributed by atoms with E-state index in [1.165, 1.54) is 7.11 Å². The van der Waals surface area contributed by atoms with Crippen molar-refractivity contribution in [3.63, 3.8) is 0 Å². The van der Waals surface area contributed by atoms with Crippen LogP contribution < -0.4 is 0 Å². The van der Waals surface area contributed by atoms with Crippen molar-refractivity contribution in [2.45, 2.75) is 31.7 Å². The van der Waals surface area contributed by atoms with Crippen molar-refractivity contribution in [3.05, 3.63) is 0 Å². The molecule has 2 aliphatic rings. The Kier molecular flexibility index (Phi) is 4.36. The van der Waals surface area contributed by atoms with E-state index < -0.39 is 0 Å². The summed E-state index contributed by atoms with van der Waals surface area (Å²) < 4.78 is 16.0. The number of carbonyl (C=O) groups excluding carboxylic acids is 1. The van der Waals surface area contributed by atoms with Crippen LogP contribution >= 0.6 is 0 Å². The lowest BCUT2D eigenvalue weighted by atomic mass is 9.97. The zero-order valence-electron chi connectivity index (χ0n) is 10.6. The Morgan fingerprint density at radius 1 is 1.41 bits per heavy atom. The molecule has 2 aliphatic heterocycles. The van der Waals surface area contributed by atoms with Crippen molar-refractivity contribution in [1.82, 2.24) is 4.90 Å². The van der Waals surface area contributed by atoms with Crippen LogP contribution in [0.3, 0.4) is 0 Å². The second-order valence-electron chi connectivity index (χ2n) is 4.88. The number of ether oxygens (including phenoxy) is 3. The van der Waals surface area contributed by atoms with Gasteiger partial charge in [-0.05, 0) is 33.0 Å². The van der Waals surface area contributed by atoms with Gasteiger partial charge in [-0.3, -0.25) is 4.79 Å². The summed E-state index contributed by atoms with van der Waals surface area (Å²) in [4.78, 5) is 13.4. The molecule has 0 aromatic carbocycles. The number of nitrogens with zero attached hydrogens (tertiary/aromatic N) is 1. The number of methoxy groups -OCH3 is 1. The molecule has 5 heteroatoms. The smallest absolute Gasteiger partial charge is 0.308 e. The first-order valence-electron chi connectivity index (χ1n) is 6.21. The van der Waals surface area contributed by atoms with Crippen LogP contribution in [-0.2, 0) is 19.0 Å². The van der Waals surface area contributed by atoms with E-state index in [1.807, 2.05) is 0 Å². The van der Waals surface area contributed by atoms with Gasteiger partial charge in [0.15, 0.2) is 6.29 Å². The second kappa shape index (κ2) is 5.80. The lowest BCUT2D eigenvalue weighted by Gasteiger charge is -2.31. The topological polar surface area (TPSA) is 48.0 Å². The molecular weight excluding hydrogens is 222 g/mol. The van der Waals surface area contributed by atoms with Gasteiger partial charge in [-0.1, -0.05) is 0 Å². The average Bonchev–Trinajstić information content (AvgIpc) is 2.78. The standard InChI is InChI=1S/C12H21NO4/c1-13-5-3-9(4-6-13)12-16-8-10(17-12)7-11(14)15-2/h9-10,12H,3-8H2,1-2H3. The molecule has 5 nitrogen and oxygen atoms in total. The zero-order valence-corrected chi connectivity index (χ0v) is 10.6. The van der Waals surface area contributed by atoms with E-state index in [4.69, 9.17) is 9.47 Å². The molecule has 0 bridgehead atoms. The van der Waals surface area contributed by atoms with E-state index in [0.29, 0.717) is 18.9 Å². The summed E-state index contributed by atoms with van der Waals surface area (Å²) in [5, 5.41) is 0. The van der Waals surface area contributed by atoms with Gasteiger partial charge in [0, 0.05) is 5.92 Å². The first-order chi connectivity index (χ1) is 8.19. The van der Waals surface area contributed by atoms with E-state index in [1.54, 1.807) is 0 Å². The largest absolute Gasteiger partial charge is 0.469 e. The molecule has 98 valence electrons. The summed E-state index contributed by atoms with van der Waals surface area (Å²) in [7, 11) is 3.53. The number of piperidine rings is 1. The van der Waals surface area contributed by atoms with Gasteiger partial charge in [-0.25, -0.2) is 0 Å². The van der Waals surface area contributed by atoms with E-state index >= 15 is 0 Å². The molecule has 2 atom stereocenters. The van der Waals surface area contributed by atoms with Gasteiger partial charge < -0.3 is 19.1 Å². The third kappa shape index (κ3) is 3.40. The predicted octanol–water partition coefficient (Wildman–Crippen LogP) is 0.633. The van der Waals surface area contributed by atoms with Crippen molar-refractivity contribution in [2.75, 3.05) is 33.9 Å². The van der Waals surface area contributed by atoms with Gasteiger partial charge in [-0.15, -0.1) is 0 Å². The van der Waals surface area contributed by atoms with Crippen molar-refractivity contribution < 1.29 is 19.0 Å². The van der Waals surface area contributed by atoms with Gasteiger partial charge in [0.05, 0.1) is 26.2 Å². The third-order valence-corrected chi connectivity index (χ3v) is 3.54.